The van der Waals surface area contributed by atoms with Gasteiger partial charge < -0.3 is 14.5 Å². The first kappa shape index (κ1) is 29.5. The summed E-state index contributed by atoms with van der Waals surface area (Å²) in [6.07, 6.45) is 13.7. The second kappa shape index (κ2) is 13.0. The number of imidazole rings is 1. The molecule has 2 aliphatic heterocycles. The predicted octanol–water partition coefficient (Wildman–Crippen LogP) is 5.71. The van der Waals surface area contributed by atoms with Crippen LogP contribution in [-0.4, -0.2) is 97.4 Å². The molecule has 0 radical (unpaired) electrons. The Labute approximate surface area is 271 Å². The summed E-state index contributed by atoms with van der Waals surface area (Å²) in [6, 6.07) is 8.69. The molecule has 0 aliphatic carbocycles. The molecule has 0 spiro atoms. The molecular weight excluding hydrogens is 597 g/mol. The van der Waals surface area contributed by atoms with Crippen LogP contribution in [0.1, 0.15) is 25.7 Å². The summed E-state index contributed by atoms with van der Waals surface area (Å²) in [7, 11) is 0. The molecule has 0 saturated carbocycles. The molecular formula is C35H36FN9O2. The van der Waals surface area contributed by atoms with Crippen LogP contribution in [0.3, 0.4) is 0 Å². The van der Waals surface area contributed by atoms with Crippen molar-refractivity contribution in [2.75, 3.05) is 52.5 Å². The van der Waals surface area contributed by atoms with Crippen molar-refractivity contribution in [1.82, 2.24) is 44.9 Å². The second-order valence-electron chi connectivity index (χ2n) is 12.2. The minimum atomic E-state index is -0.375. The first-order chi connectivity index (χ1) is 23.2. The number of benzene rings is 1. The summed E-state index contributed by atoms with van der Waals surface area (Å²) in [5.41, 5.74) is 5.72. The van der Waals surface area contributed by atoms with Crippen LogP contribution in [0, 0.1) is 5.82 Å². The maximum Gasteiger partial charge on any atom is 0.159 e. The van der Waals surface area contributed by atoms with Crippen LogP contribution >= 0.6 is 0 Å². The Morgan fingerprint density at radius 2 is 1.45 bits per heavy atom. The maximum atomic E-state index is 14.8. The van der Waals surface area contributed by atoms with Crippen molar-refractivity contribution in [3.63, 3.8) is 0 Å². The number of hydrogen-bond acceptors (Lipinski definition) is 9. The van der Waals surface area contributed by atoms with E-state index in [1.54, 1.807) is 31.0 Å². The van der Waals surface area contributed by atoms with Crippen LogP contribution in [0.2, 0.25) is 0 Å². The number of nitrogens with zero attached hydrogens (tertiary/aromatic N) is 7. The Bertz CT molecular complexity index is 2010. The zero-order chi connectivity index (χ0) is 31.6. The van der Waals surface area contributed by atoms with E-state index in [1.807, 2.05) is 18.2 Å². The molecule has 8 rings (SSSR count). The van der Waals surface area contributed by atoms with Gasteiger partial charge in [0.2, 0.25) is 0 Å². The van der Waals surface area contributed by atoms with Crippen molar-refractivity contribution in [3.8, 4) is 45.4 Å². The van der Waals surface area contributed by atoms with Crippen LogP contribution in [0.4, 0.5) is 4.39 Å². The lowest BCUT2D eigenvalue weighted by Crippen LogP contribution is -2.25. The van der Waals surface area contributed by atoms with E-state index in [0.717, 1.165) is 61.4 Å². The summed E-state index contributed by atoms with van der Waals surface area (Å²) >= 11 is 0. The van der Waals surface area contributed by atoms with Crippen LogP contribution in [0.5, 0.6) is 11.5 Å². The van der Waals surface area contributed by atoms with E-state index in [1.165, 1.54) is 37.8 Å². The lowest BCUT2D eigenvalue weighted by atomic mass is 10.1. The highest BCUT2D eigenvalue weighted by molar-refractivity contribution is 5.97. The van der Waals surface area contributed by atoms with E-state index in [2.05, 4.69) is 39.9 Å². The van der Waals surface area contributed by atoms with Crippen LogP contribution < -0.4 is 9.47 Å². The largest absolute Gasteiger partial charge is 0.492 e. The van der Waals surface area contributed by atoms with Gasteiger partial charge in [-0.3, -0.25) is 29.9 Å². The van der Waals surface area contributed by atoms with E-state index in [4.69, 9.17) is 14.5 Å². The average Bonchev–Trinajstić information content (AvgIpc) is 3.91. The number of pyridine rings is 3. The van der Waals surface area contributed by atoms with Crippen molar-refractivity contribution in [2.24, 2.45) is 0 Å². The molecule has 0 unspecified atom stereocenters. The van der Waals surface area contributed by atoms with Gasteiger partial charge in [0.1, 0.15) is 36.2 Å². The van der Waals surface area contributed by atoms with Gasteiger partial charge in [0.05, 0.1) is 40.8 Å². The van der Waals surface area contributed by atoms with Gasteiger partial charge in [0.15, 0.2) is 5.82 Å². The van der Waals surface area contributed by atoms with Gasteiger partial charge >= 0.3 is 0 Å². The first-order valence-electron chi connectivity index (χ1n) is 16.3. The molecule has 0 bridgehead atoms. The topological polar surface area (TPSA) is 121 Å². The maximum absolute atomic E-state index is 14.8. The zero-order valence-electron chi connectivity index (χ0n) is 26.1. The average molecular weight is 634 g/mol. The Hall–Kier alpha value is -4.94. The van der Waals surface area contributed by atoms with Gasteiger partial charge in [-0.1, -0.05) is 0 Å². The third-order valence-electron chi connectivity index (χ3n) is 9.01. The molecule has 6 aromatic rings. The summed E-state index contributed by atoms with van der Waals surface area (Å²) in [6.45, 7) is 7.33. The van der Waals surface area contributed by atoms with Crippen molar-refractivity contribution in [1.29, 1.82) is 0 Å². The molecule has 2 saturated heterocycles. The minimum absolute atomic E-state index is 0.375. The highest BCUT2D eigenvalue weighted by atomic mass is 19.1. The van der Waals surface area contributed by atoms with Crippen molar-refractivity contribution in [2.45, 2.75) is 25.7 Å². The number of aromatic nitrogens is 7. The summed E-state index contributed by atoms with van der Waals surface area (Å²) < 4.78 is 26.8. The molecule has 5 aromatic heterocycles. The number of nitrogens with one attached hydrogen (secondary N) is 2. The van der Waals surface area contributed by atoms with Gasteiger partial charge in [-0.15, -0.1) is 0 Å². The summed E-state index contributed by atoms with van der Waals surface area (Å²) in [5.74, 6) is 1.39. The molecule has 0 atom stereocenters. The van der Waals surface area contributed by atoms with E-state index < -0.39 is 0 Å². The highest BCUT2D eigenvalue weighted by Crippen LogP contribution is 2.34. The van der Waals surface area contributed by atoms with Crippen molar-refractivity contribution < 1.29 is 13.9 Å². The molecule has 47 heavy (non-hydrogen) atoms. The molecule has 2 fully saturated rings. The number of aromatic amines is 2. The van der Waals surface area contributed by atoms with Crippen LogP contribution in [-0.2, 0) is 0 Å². The Morgan fingerprint density at radius 1 is 0.723 bits per heavy atom. The second-order valence-corrected chi connectivity index (χ2v) is 12.2. The van der Waals surface area contributed by atoms with Crippen LogP contribution in [0.15, 0.2) is 61.3 Å². The van der Waals surface area contributed by atoms with Gasteiger partial charge in [0.25, 0.3) is 0 Å². The fraction of sp³-hybridized carbons (Fsp3) is 0.343. The molecule has 12 heteroatoms. The third kappa shape index (κ3) is 6.38. The van der Waals surface area contributed by atoms with Crippen molar-refractivity contribution in [3.05, 3.63) is 67.1 Å². The first-order valence-corrected chi connectivity index (χ1v) is 16.3. The Morgan fingerprint density at radius 3 is 2.23 bits per heavy atom. The highest BCUT2D eigenvalue weighted by Gasteiger charge is 2.18. The normalized spacial score (nSPS) is 15.7. The quantitative estimate of drug-likeness (QED) is 0.185. The van der Waals surface area contributed by atoms with Crippen LogP contribution in [0.25, 0.3) is 55.8 Å². The Kier molecular flexibility index (Phi) is 8.18. The fourth-order valence-corrected chi connectivity index (χ4v) is 6.55. The molecule has 2 N–H and O–H groups in total. The minimum Gasteiger partial charge on any atom is -0.492 e. The monoisotopic (exact) mass is 633 g/mol. The number of halogens is 1. The Balaban J connectivity index is 1.05. The fourth-order valence-electron chi connectivity index (χ4n) is 6.55. The van der Waals surface area contributed by atoms with E-state index in [0.29, 0.717) is 58.4 Å². The van der Waals surface area contributed by atoms with Crippen molar-refractivity contribution >= 4 is 21.9 Å². The standard InChI is InChI=1S/C35H36FN9O2/c36-25-13-23(14-26(16-25)46-11-9-44-5-1-2-6-44)29-20-38-21-32-33(29)41-35(40-32)34-28-17-30(39-22-31(28)42-43-34)24-15-27(19-37-18-24)47-12-10-45-7-3-4-8-45/h13-22H,1-12H2,(H,40,41)(H,42,43). The van der Waals surface area contributed by atoms with Gasteiger partial charge in [-0.2, -0.15) is 5.10 Å². The lowest BCUT2D eigenvalue weighted by molar-refractivity contribution is 0.237. The molecule has 11 nitrogen and oxygen atoms in total. The number of likely N-dealkylation sites (tertiary alicyclic amines) is 2. The third-order valence-corrected chi connectivity index (χ3v) is 9.01. The number of fused-ring (bicyclic) bond motifs is 2. The van der Waals surface area contributed by atoms with E-state index in [-0.39, 0.29) is 5.82 Å². The number of hydrogen-bond donors (Lipinski definition) is 2. The number of rotatable bonds is 11. The summed E-state index contributed by atoms with van der Waals surface area (Å²) in [4.78, 5) is 26.6. The predicted molar refractivity (Wildman–Crippen MR) is 178 cm³/mol. The molecule has 7 heterocycles. The van der Waals surface area contributed by atoms with E-state index in [9.17, 15) is 4.39 Å². The number of H-pyrrole nitrogens is 2. The van der Waals surface area contributed by atoms with Gasteiger partial charge in [0, 0.05) is 48.1 Å². The molecule has 2 aliphatic rings. The van der Waals surface area contributed by atoms with Gasteiger partial charge in [-0.05, 0) is 81.7 Å². The molecule has 240 valence electrons. The molecule has 1 aromatic carbocycles. The number of ether oxygens (including phenoxy) is 2. The lowest BCUT2D eigenvalue weighted by Gasteiger charge is -2.15. The van der Waals surface area contributed by atoms with Gasteiger partial charge in [-0.25, -0.2) is 9.37 Å². The zero-order valence-corrected chi connectivity index (χ0v) is 26.1. The smallest absolute Gasteiger partial charge is 0.159 e. The molecule has 0 amide bonds. The summed E-state index contributed by atoms with van der Waals surface area (Å²) in [5, 5.41) is 8.50. The SMILES string of the molecule is Fc1cc(OCCN2CCCC2)cc(-c2cncc3[nH]c(-c4n[nH]c5cnc(-c6cncc(OCCN7CCCC7)c6)cc45)nc23)c1. The van der Waals surface area contributed by atoms with E-state index >= 15 is 0 Å².